The molecule has 0 fully saturated rings. The second kappa shape index (κ2) is 15.7. The summed E-state index contributed by atoms with van der Waals surface area (Å²) in [6, 6.07) is 18.1. The van der Waals surface area contributed by atoms with Crippen LogP contribution in [0.1, 0.15) is 25.0 Å². The summed E-state index contributed by atoms with van der Waals surface area (Å²) in [6.45, 7) is 3.40. The molecule has 0 amide bonds. The smallest absolute Gasteiger partial charge is 0.756 e. The summed E-state index contributed by atoms with van der Waals surface area (Å²) in [7, 11) is -8.22. The molecule has 0 saturated heterocycles. The standard InChI is InChI=1S/2C9H13O4P.Ca/c2*1-2-12-14(10,11)13-8-9-6-4-3-5-7-9;/h2*3-7H,2,8H2,1H3,(H,10,11);/q;;+2/p-2. The summed E-state index contributed by atoms with van der Waals surface area (Å²) in [5.74, 6) is 0. The van der Waals surface area contributed by atoms with Gasteiger partial charge in [0, 0.05) is 0 Å². The Hall–Kier alpha value is -0.0803. The topological polar surface area (TPSA) is 117 Å². The molecule has 0 bridgehead atoms. The van der Waals surface area contributed by atoms with E-state index in [4.69, 9.17) is 0 Å². The molecule has 0 heterocycles. The maximum atomic E-state index is 11.0. The third-order valence-electron chi connectivity index (χ3n) is 3.04. The Kier molecular flexibility index (Phi) is 15.6. The van der Waals surface area contributed by atoms with Gasteiger partial charge in [-0.1, -0.05) is 60.7 Å². The maximum Gasteiger partial charge on any atom is 2.00 e. The maximum absolute atomic E-state index is 11.0. The second-order valence-corrected chi connectivity index (χ2v) is 8.07. The van der Waals surface area contributed by atoms with Gasteiger partial charge < -0.3 is 27.9 Å². The Morgan fingerprint density at radius 1 is 0.655 bits per heavy atom. The first-order chi connectivity index (χ1) is 13.3. The summed E-state index contributed by atoms with van der Waals surface area (Å²) in [5, 5.41) is 0. The molecule has 0 N–H and O–H groups in total. The van der Waals surface area contributed by atoms with Gasteiger partial charge >= 0.3 is 37.7 Å². The van der Waals surface area contributed by atoms with Crippen molar-refractivity contribution in [3.63, 3.8) is 0 Å². The van der Waals surface area contributed by atoms with Gasteiger partial charge in [-0.3, -0.25) is 9.13 Å². The van der Waals surface area contributed by atoms with Gasteiger partial charge in [-0.2, -0.15) is 0 Å². The van der Waals surface area contributed by atoms with Crippen molar-refractivity contribution in [3.05, 3.63) is 71.8 Å². The van der Waals surface area contributed by atoms with Gasteiger partial charge in [-0.05, 0) is 25.0 Å². The number of phosphoric acid groups is 2. The molecule has 0 saturated carbocycles. The number of hydrogen-bond acceptors (Lipinski definition) is 8. The molecule has 11 heteroatoms. The summed E-state index contributed by atoms with van der Waals surface area (Å²) < 4.78 is 40.1. The molecule has 2 unspecified atom stereocenters. The van der Waals surface area contributed by atoms with Gasteiger partial charge in [-0.15, -0.1) is 0 Å². The largest absolute Gasteiger partial charge is 2.00 e. The molecule has 29 heavy (non-hydrogen) atoms. The van der Waals surface area contributed by atoms with Crippen LogP contribution in [0, 0.1) is 0 Å². The monoisotopic (exact) mass is 470 g/mol. The Balaban J connectivity index is 0.000000523. The van der Waals surface area contributed by atoms with Gasteiger partial charge in [0.2, 0.25) is 0 Å². The number of rotatable bonds is 10. The van der Waals surface area contributed by atoms with E-state index in [1.807, 2.05) is 36.4 Å². The third kappa shape index (κ3) is 14.5. The first-order valence-electron chi connectivity index (χ1n) is 8.56. The predicted octanol–water partition coefficient (Wildman–Crippen LogP) is 3.04. The zero-order chi connectivity index (χ0) is 20.9. The quantitative estimate of drug-likeness (QED) is 0.384. The first kappa shape index (κ1) is 28.9. The fraction of sp³-hybridized carbons (Fsp3) is 0.333. The van der Waals surface area contributed by atoms with Gasteiger partial charge in [0.05, 0.1) is 26.4 Å². The molecule has 0 aromatic heterocycles. The molecule has 2 atom stereocenters. The zero-order valence-corrected chi connectivity index (χ0v) is 20.5. The molecule has 0 aliphatic carbocycles. The van der Waals surface area contributed by atoms with Crippen LogP contribution in [0.25, 0.3) is 0 Å². The van der Waals surface area contributed by atoms with Crippen LogP contribution in [0.2, 0.25) is 0 Å². The SMILES string of the molecule is CCOP(=O)([O-])OCc1ccccc1.CCOP(=O)([O-])OCc1ccccc1.[Ca+2]. The van der Waals surface area contributed by atoms with Crippen LogP contribution < -0.4 is 9.79 Å². The first-order valence-corrected chi connectivity index (χ1v) is 11.5. The van der Waals surface area contributed by atoms with Crippen LogP contribution in [0.3, 0.4) is 0 Å². The van der Waals surface area contributed by atoms with Crippen molar-refractivity contribution in [2.75, 3.05) is 13.2 Å². The second-order valence-electron chi connectivity index (χ2n) is 5.25. The molecule has 0 aliphatic heterocycles. The van der Waals surface area contributed by atoms with E-state index in [-0.39, 0.29) is 64.2 Å². The molecule has 0 spiro atoms. The zero-order valence-electron chi connectivity index (χ0n) is 16.5. The Bertz CT molecular complexity index is 695. The minimum atomic E-state index is -4.11. The van der Waals surface area contributed by atoms with E-state index in [2.05, 4.69) is 18.1 Å². The van der Waals surface area contributed by atoms with Crippen molar-refractivity contribution in [3.8, 4) is 0 Å². The molecule has 2 aromatic carbocycles. The number of benzene rings is 2. The summed E-state index contributed by atoms with van der Waals surface area (Å²) >= 11 is 0. The molecule has 156 valence electrons. The van der Waals surface area contributed by atoms with Crippen molar-refractivity contribution >= 4 is 53.4 Å². The fourth-order valence-corrected chi connectivity index (χ4v) is 3.24. The summed E-state index contributed by atoms with van der Waals surface area (Å²) in [4.78, 5) is 22.0. The van der Waals surface area contributed by atoms with E-state index in [1.165, 1.54) is 0 Å². The van der Waals surface area contributed by atoms with E-state index in [9.17, 15) is 18.9 Å². The average Bonchev–Trinajstić information content (AvgIpc) is 2.67. The Morgan fingerprint density at radius 2 is 0.966 bits per heavy atom. The van der Waals surface area contributed by atoms with Crippen LogP contribution in [0.5, 0.6) is 0 Å². The van der Waals surface area contributed by atoms with E-state index >= 15 is 0 Å². The van der Waals surface area contributed by atoms with Crippen molar-refractivity contribution in [1.82, 2.24) is 0 Å². The van der Waals surface area contributed by atoms with E-state index < -0.39 is 15.6 Å². The van der Waals surface area contributed by atoms with Crippen LogP contribution in [0.4, 0.5) is 0 Å². The molecule has 8 nitrogen and oxygen atoms in total. The Morgan fingerprint density at radius 3 is 1.24 bits per heavy atom. The van der Waals surface area contributed by atoms with Crippen LogP contribution in [-0.4, -0.2) is 51.0 Å². The minimum Gasteiger partial charge on any atom is -0.756 e. The van der Waals surface area contributed by atoms with Crippen LogP contribution in [-0.2, 0) is 40.4 Å². The summed E-state index contributed by atoms with van der Waals surface area (Å²) in [5.41, 5.74) is 1.59. The average molecular weight is 470 g/mol. The van der Waals surface area contributed by atoms with Crippen molar-refractivity contribution in [1.29, 1.82) is 0 Å². The van der Waals surface area contributed by atoms with Crippen molar-refractivity contribution < 1.29 is 37.0 Å². The molecular weight excluding hydrogens is 446 g/mol. The molecule has 2 aromatic rings. The predicted molar refractivity (Wildman–Crippen MR) is 107 cm³/mol. The van der Waals surface area contributed by atoms with Gasteiger partial charge in [0.15, 0.2) is 0 Å². The van der Waals surface area contributed by atoms with Gasteiger partial charge in [0.25, 0.3) is 15.6 Å². The molecular formula is C18H24CaO8P2. The third-order valence-corrected chi connectivity index (χ3v) is 5.08. The van der Waals surface area contributed by atoms with Crippen LogP contribution in [0.15, 0.2) is 60.7 Å². The van der Waals surface area contributed by atoms with E-state index in [0.29, 0.717) is 0 Å². The molecule has 0 aliphatic rings. The van der Waals surface area contributed by atoms with E-state index in [1.54, 1.807) is 38.1 Å². The minimum absolute atomic E-state index is 0. The fourth-order valence-electron chi connectivity index (χ4n) is 1.85. The normalized spacial score (nSPS) is 14.5. The summed E-state index contributed by atoms with van der Waals surface area (Å²) in [6.07, 6.45) is 0. The van der Waals surface area contributed by atoms with E-state index in [0.717, 1.165) is 11.1 Å². The van der Waals surface area contributed by atoms with Crippen LogP contribution >= 0.6 is 15.6 Å². The Labute approximate surface area is 201 Å². The van der Waals surface area contributed by atoms with Gasteiger partial charge in [0.1, 0.15) is 0 Å². The molecule has 0 radical (unpaired) electrons. The number of hydrogen-bond donors (Lipinski definition) is 0. The van der Waals surface area contributed by atoms with Crippen molar-refractivity contribution in [2.24, 2.45) is 0 Å². The molecule has 2 rings (SSSR count). The van der Waals surface area contributed by atoms with Crippen molar-refractivity contribution in [2.45, 2.75) is 27.1 Å². The van der Waals surface area contributed by atoms with Gasteiger partial charge in [-0.25, -0.2) is 0 Å². The number of phosphoric ester groups is 2.